The quantitative estimate of drug-likeness (QED) is 0.816. The Morgan fingerprint density at radius 3 is 2.43 bits per heavy atom. The van der Waals surface area contributed by atoms with E-state index in [1.54, 1.807) is 0 Å². The van der Waals surface area contributed by atoms with Gasteiger partial charge in [-0.15, -0.1) is 0 Å². The molecule has 0 aliphatic carbocycles. The van der Waals surface area contributed by atoms with Crippen LogP contribution in [-0.4, -0.2) is 40.1 Å². The van der Waals surface area contributed by atoms with Crippen LogP contribution >= 0.6 is 0 Å². The van der Waals surface area contributed by atoms with Crippen LogP contribution in [0, 0.1) is 22.9 Å². The molecule has 2 N–H and O–H groups in total. The molecule has 21 heavy (non-hydrogen) atoms. The molecule has 1 fully saturated rings. The van der Waals surface area contributed by atoms with Crippen molar-refractivity contribution in [1.82, 2.24) is 4.90 Å². The fourth-order valence-corrected chi connectivity index (χ4v) is 2.23. The Morgan fingerprint density at radius 2 is 1.90 bits per heavy atom. The van der Waals surface area contributed by atoms with E-state index >= 15 is 0 Å². The maximum absolute atomic E-state index is 13.7. The van der Waals surface area contributed by atoms with Crippen LogP contribution in [0.1, 0.15) is 23.7 Å². The van der Waals surface area contributed by atoms with E-state index in [4.69, 9.17) is 10.2 Å². The van der Waals surface area contributed by atoms with Crippen molar-refractivity contribution in [2.45, 2.75) is 13.3 Å². The van der Waals surface area contributed by atoms with Crippen LogP contribution in [0.4, 0.5) is 13.2 Å². The molecule has 2 rings (SSSR count). The van der Waals surface area contributed by atoms with Gasteiger partial charge >= 0.3 is 5.97 Å². The third kappa shape index (κ3) is 2.41. The molecule has 1 amide bonds. The Balaban J connectivity index is 2.33. The van der Waals surface area contributed by atoms with Gasteiger partial charge in [-0.3, -0.25) is 9.59 Å². The van der Waals surface area contributed by atoms with Gasteiger partial charge in [0.15, 0.2) is 17.4 Å². The molecule has 1 saturated heterocycles. The second-order valence-corrected chi connectivity index (χ2v) is 5.23. The van der Waals surface area contributed by atoms with Gasteiger partial charge in [-0.2, -0.15) is 4.39 Å². The summed E-state index contributed by atoms with van der Waals surface area (Å²) in [7, 11) is 0. The number of rotatable bonds is 2. The number of carbonyl (C=O) groups excluding carboxylic acids is 1. The lowest BCUT2D eigenvalue weighted by atomic mass is 9.90. The number of likely N-dealkylation sites (tertiary alicyclic amines) is 1. The van der Waals surface area contributed by atoms with Crippen LogP contribution in [0.5, 0.6) is 5.75 Å². The highest BCUT2D eigenvalue weighted by Crippen LogP contribution is 2.33. The molecular weight excluding hydrogens is 291 g/mol. The van der Waals surface area contributed by atoms with Crippen LogP contribution in [0.25, 0.3) is 0 Å². The number of carboxylic acid groups (broad SMARTS) is 1. The smallest absolute Gasteiger partial charge is 0.311 e. The summed E-state index contributed by atoms with van der Waals surface area (Å²) in [6.45, 7) is 1.29. The molecular formula is C13H12F3NO4. The van der Waals surface area contributed by atoms with Gasteiger partial charge in [0.1, 0.15) is 0 Å². The maximum Gasteiger partial charge on any atom is 0.311 e. The van der Waals surface area contributed by atoms with Crippen LogP contribution < -0.4 is 0 Å². The summed E-state index contributed by atoms with van der Waals surface area (Å²) in [5.74, 6) is -8.57. The summed E-state index contributed by atoms with van der Waals surface area (Å²) >= 11 is 0. The minimum atomic E-state index is -1.78. The maximum atomic E-state index is 13.7. The lowest BCUT2D eigenvalue weighted by molar-refractivity contribution is -0.147. The highest BCUT2D eigenvalue weighted by atomic mass is 19.2. The molecule has 0 spiro atoms. The molecule has 8 heteroatoms. The van der Waals surface area contributed by atoms with Gasteiger partial charge in [0.05, 0.1) is 11.0 Å². The zero-order valence-corrected chi connectivity index (χ0v) is 11.0. The lowest BCUT2D eigenvalue weighted by Crippen LogP contribution is -2.35. The first-order chi connectivity index (χ1) is 9.67. The molecule has 1 atom stereocenters. The highest BCUT2D eigenvalue weighted by Gasteiger charge is 2.43. The number of benzene rings is 1. The summed E-state index contributed by atoms with van der Waals surface area (Å²) in [6, 6.07) is 0.350. The Bertz CT molecular complexity index is 634. The van der Waals surface area contributed by atoms with E-state index in [1.807, 2.05) is 0 Å². The molecule has 0 aromatic heterocycles. The van der Waals surface area contributed by atoms with Gasteiger partial charge in [-0.1, -0.05) is 0 Å². The number of halogens is 3. The number of hydrogen-bond donors (Lipinski definition) is 2. The first kappa shape index (κ1) is 15.1. The summed E-state index contributed by atoms with van der Waals surface area (Å²) in [4.78, 5) is 24.2. The highest BCUT2D eigenvalue weighted by molar-refractivity contribution is 5.95. The molecule has 1 aromatic rings. The average molecular weight is 303 g/mol. The van der Waals surface area contributed by atoms with E-state index in [1.165, 1.54) is 6.92 Å². The second-order valence-electron chi connectivity index (χ2n) is 5.23. The number of carbonyl (C=O) groups is 2. The van der Waals surface area contributed by atoms with E-state index in [9.17, 15) is 22.8 Å². The minimum absolute atomic E-state index is 0.0425. The molecule has 1 unspecified atom stereocenters. The third-order valence-electron chi connectivity index (χ3n) is 3.64. The van der Waals surface area contributed by atoms with Crippen molar-refractivity contribution in [2.75, 3.05) is 13.1 Å². The van der Waals surface area contributed by atoms with E-state index in [0.717, 1.165) is 4.90 Å². The number of aromatic hydroxyl groups is 1. The van der Waals surface area contributed by atoms with E-state index in [2.05, 4.69) is 0 Å². The van der Waals surface area contributed by atoms with Crippen molar-refractivity contribution >= 4 is 11.9 Å². The lowest BCUT2D eigenvalue weighted by Gasteiger charge is -2.20. The molecule has 114 valence electrons. The van der Waals surface area contributed by atoms with Crippen molar-refractivity contribution in [2.24, 2.45) is 5.41 Å². The summed E-state index contributed by atoms with van der Waals surface area (Å²) < 4.78 is 39.8. The fourth-order valence-electron chi connectivity index (χ4n) is 2.23. The van der Waals surface area contributed by atoms with Crippen molar-refractivity contribution in [3.05, 3.63) is 29.1 Å². The summed E-state index contributed by atoms with van der Waals surface area (Å²) in [5.41, 5.74) is -2.01. The van der Waals surface area contributed by atoms with Crippen LogP contribution in [-0.2, 0) is 4.79 Å². The Kier molecular flexibility index (Phi) is 3.56. The first-order valence-corrected chi connectivity index (χ1v) is 6.06. The van der Waals surface area contributed by atoms with E-state index < -0.39 is 46.1 Å². The third-order valence-corrected chi connectivity index (χ3v) is 3.64. The fraction of sp³-hybridized carbons (Fsp3) is 0.385. The first-order valence-electron chi connectivity index (χ1n) is 6.06. The molecule has 0 bridgehead atoms. The number of phenolic OH excluding ortho intramolecular Hbond substituents is 1. The SMILES string of the molecule is CC1(C(=O)O)CCN(C(=O)c2cc(F)c(F)c(O)c2F)C1. The summed E-state index contributed by atoms with van der Waals surface area (Å²) in [6.07, 6.45) is 0.158. The van der Waals surface area contributed by atoms with Gasteiger partial charge in [-0.25, -0.2) is 8.78 Å². The number of nitrogens with zero attached hydrogens (tertiary/aromatic N) is 1. The van der Waals surface area contributed by atoms with Crippen molar-refractivity contribution in [1.29, 1.82) is 0 Å². The van der Waals surface area contributed by atoms with Gasteiger partial charge in [0.2, 0.25) is 5.82 Å². The topological polar surface area (TPSA) is 77.8 Å². The van der Waals surface area contributed by atoms with Gasteiger partial charge in [0.25, 0.3) is 5.91 Å². The molecule has 1 aliphatic heterocycles. The van der Waals surface area contributed by atoms with Gasteiger partial charge < -0.3 is 15.1 Å². The molecule has 1 aromatic carbocycles. The zero-order chi connectivity index (χ0) is 15.9. The predicted octanol–water partition coefficient (Wildman–Crippen LogP) is 1.75. The summed E-state index contributed by atoms with van der Waals surface area (Å²) in [5, 5.41) is 18.2. The van der Waals surface area contributed by atoms with Gasteiger partial charge in [0, 0.05) is 13.1 Å². The van der Waals surface area contributed by atoms with Crippen LogP contribution in [0.15, 0.2) is 6.07 Å². The molecule has 0 radical (unpaired) electrons. The molecule has 1 aliphatic rings. The van der Waals surface area contributed by atoms with Crippen LogP contribution in [0.2, 0.25) is 0 Å². The number of aliphatic carboxylic acids is 1. The number of hydrogen-bond acceptors (Lipinski definition) is 3. The zero-order valence-electron chi connectivity index (χ0n) is 11.0. The van der Waals surface area contributed by atoms with Gasteiger partial charge in [-0.05, 0) is 19.4 Å². The number of phenols is 1. The number of carboxylic acids is 1. The number of amides is 1. The molecule has 1 heterocycles. The molecule has 5 nitrogen and oxygen atoms in total. The average Bonchev–Trinajstić information content (AvgIpc) is 2.84. The largest absolute Gasteiger partial charge is 0.503 e. The Morgan fingerprint density at radius 1 is 1.29 bits per heavy atom. The van der Waals surface area contributed by atoms with Crippen molar-refractivity contribution < 1.29 is 33.0 Å². The Labute approximate surface area is 117 Å². The predicted molar refractivity (Wildman–Crippen MR) is 64.2 cm³/mol. The van der Waals surface area contributed by atoms with Crippen LogP contribution in [0.3, 0.4) is 0 Å². The van der Waals surface area contributed by atoms with Crippen molar-refractivity contribution in [3.8, 4) is 5.75 Å². The Hall–Kier alpha value is -2.25. The van der Waals surface area contributed by atoms with E-state index in [-0.39, 0.29) is 19.5 Å². The normalized spacial score (nSPS) is 21.6. The second kappa shape index (κ2) is 4.94. The molecule has 0 saturated carbocycles. The minimum Gasteiger partial charge on any atom is -0.503 e. The van der Waals surface area contributed by atoms with E-state index in [0.29, 0.717) is 6.07 Å². The van der Waals surface area contributed by atoms with Crippen molar-refractivity contribution in [3.63, 3.8) is 0 Å². The standard InChI is InChI=1S/C13H12F3NO4/c1-13(12(20)21)2-3-17(5-13)11(19)6-4-7(14)9(16)10(18)8(6)15/h4,18H,2-3,5H2,1H3,(H,20,21). The monoisotopic (exact) mass is 303 g/mol.